The minimum Gasteiger partial charge on any atom is -0.409 e. The van der Waals surface area contributed by atoms with Gasteiger partial charge in [-0.25, -0.2) is 0 Å². The third kappa shape index (κ3) is 2.86. The molecule has 1 heterocycles. The molecule has 0 fully saturated rings. The number of H-pyrrole nitrogens is 1. The van der Waals surface area contributed by atoms with Crippen LogP contribution in [-0.4, -0.2) is 32.4 Å². The first-order valence-corrected chi connectivity index (χ1v) is 5.41. The summed E-state index contributed by atoms with van der Waals surface area (Å²) in [4.78, 5) is 11.9. The highest BCUT2D eigenvalue weighted by Crippen LogP contribution is 2.13. The molecule has 1 unspecified atom stereocenters. The van der Waals surface area contributed by atoms with Crippen molar-refractivity contribution in [2.45, 2.75) is 6.04 Å². The van der Waals surface area contributed by atoms with Gasteiger partial charge in [0.25, 0.3) is 5.91 Å². The molecule has 2 aromatic rings. The second-order valence-corrected chi connectivity index (χ2v) is 3.70. The zero-order chi connectivity index (χ0) is 13.7. The molecule has 0 aliphatic rings. The summed E-state index contributed by atoms with van der Waals surface area (Å²) in [6, 6.07) is 8.17. The molecule has 0 aliphatic carbocycles. The van der Waals surface area contributed by atoms with Crippen LogP contribution >= 0.6 is 0 Å². The Kier molecular flexibility index (Phi) is 3.72. The van der Waals surface area contributed by atoms with Crippen molar-refractivity contribution in [2.75, 3.05) is 0 Å². The fraction of sp³-hybridized carbons (Fsp3) is 0.0909. The molecule has 0 radical (unpaired) electrons. The fourth-order valence-corrected chi connectivity index (χ4v) is 1.55. The van der Waals surface area contributed by atoms with Crippen molar-refractivity contribution in [3.63, 3.8) is 0 Å². The van der Waals surface area contributed by atoms with Crippen LogP contribution < -0.4 is 11.1 Å². The molecule has 1 aromatic heterocycles. The molecule has 0 saturated carbocycles. The Morgan fingerprint density at radius 2 is 2.16 bits per heavy atom. The van der Waals surface area contributed by atoms with Crippen molar-refractivity contribution in [3.8, 4) is 0 Å². The number of nitrogens with one attached hydrogen (secondary N) is 2. The highest BCUT2D eigenvalue weighted by molar-refractivity contribution is 5.97. The Morgan fingerprint density at radius 3 is 2.74 bits per heavy atom. The highest BCUT2D eigenvalue weighted by Gasteiger charge is 2.20. The Bertz CT molecular complexity index is 566. The molecule has 0 aliphatic heterocycles. The number of benzene rings is 1. The minimum absolute atomic E-state index is 0.117. The number of amidine groups is 1. The molecule has 8 heteroatoms. The topological polar surface area (TPSA) is 129 Å². The zero-order valence-electron chi connectivity index (χ0n) is 9.82. The molecule has 5 N–H and O–H groups in total. The summed E-state index contributed by atoms with van der Waals surface area (Å²) in [6.07, 6.45) is 1.28. The summed E-state index contributed by atoms with van der Waals surface area (Å²) < 4.78 is 0. The van der Waals surface area contributed by atoms with Crippen molar-refractivity contribution in [1.29, 1.82) is 0 Å². The average molecular weight is 260 g/mol. The van der Waals surface area contributed by atoms with Gasteiger partial charge in [0.2, 0.25) is 0 Å². The number of oxime groups is 1. The van der Waals surface area contributed by atoms with Crippen LogP contribution in [0.5, 0.6) is 0 Å². The van der Waals surface area contributed by atoms with Crippen molar-refractivity contribution < 1.29 is 10.0 Å². The number of carbonyl (C=O) groups is 1. The number of nitrogens with zero attached hydrogens (tertiary/aromatic N) is 3. The first kappa shape index (κ1) is 12.6. The highest BCUT2D eigenvalue weighted by atomic mass is 16.4. The number of nitrogens with two attached hydrogens (primary N) is 1. The van der Waals surface area contributed by atoms with E-state index in [1.165, 1.54) is 6.20 Å². The second kappa shape index (κ2) is 5.63. The largest absolute Gasteiger partial charge is 0.409 e. The number of carbonyl (C=O) groups excluding carboxylic acids is 1. The molecular weight excluding hydrogens is 248 g/mol. The Morgan fingerprint density at radius 1 is 1.42 bits per heavy atom. The van der Waals surface area contributed by atoms with Gasteiger partial charge in [-0.1, -0.05) is 35.5 Å². The van der Waals surface area contributed by atoms with Gasteiger partial charge < -0.3 is 16.3 Å². The predicted octanol–water partition coefficient (Wildman–Crippen LogP) is 0.0222. The van der Waals surface area contributed by atoms with Crippen LogP contribution in [0.4, 0.5) is 0 Å². The van der Waals surface area contributed by atoms with E-state index < -0.39 is 11.9 Å². The van der Waals surface area contributed by atoms with Gasteiger partial charge in [0.15, 0.2) is 11.5 Å². The lowest BCUT2D eigenvalue weighted by atomic mass is 10.1. The molecule has 1 aromatic carbocycles. The lowest BCUT2D eigenvalue weighted by molar-refractivity contribution is 0.0941. The maximum absolute atomic E-state index is 11.9. The van der Waals surface area contributed by atoms with Crippen molar-refractivity contribution in [2.24, 2.45) is 10.9 Å². The van der Waals surface area contributed by atoms with E-state index in [1.807, 2.05) is 6.07 Å². The van der Waals surface area contributed by atoms with Crippen molar-refractivity contribution in [3.05, 3.63) is 47.8 Å². The van der Waals surface area contributed by atoms with E-state index in [0.717, 1.165) is 0 Å². The average Bonchev–Trinajstić information content (AvgIpc) is 2.99. The van der Waals surface area contributed by atoms with Crippen LogP contribution in [0.2, 0.25) is 0 Å². The number of rotatable bonds is 4. The molecule has 0 bridgehead atoms. The molecule has 8 nitrogen and oxygen atoms in total. The molecule has 0 saturated heterocycles. The van der Waals surface area contributed by atoms with Gasteiger partial charge in [-0.15, -0.1) is 0 Å². The summed E-state index contributed by atoms with van der Waals surface area (Å²) in [7, 11) is 0. The van der Waals surface area contributed by atoms with E-state index in [-0.39, 0.29) is 11.5 Å². The van der Waals surface area contributed by atoms with Crippen LogP contribution in [0, 0.1) is 0 Å². The quantitative estimate of drug-likeness (QED) is 0.266. The van der Waals surface area contributed by atoms with Crippen LogP contribution in [0.3, 0.4) is 0 Å². The molecule has 1 atom stereocenters. The zero-order valence-corrected chi connectivity index (χ0v) is 9.82. The monoisotopic (exact) mass is 260 g/mol. The lowest BCUT2D eigenvalue weighted by Gasteiger charge is -2.16. The van der Waals surface area contributed by atoms with Gasteiger partial charge >= 0.3 is 0 Å². The van der Waals surface area contributed by atoms with E-state index in [4.69, 9.17) is 10.9 Å². The number of aromatic amines is 1. The summed E-state index contributed by atoms with van der Waals surface area (Å²) in [5.74, 6) is -0.600. The lowest BCUT2D eigenvalue weighted by Crippen LogP contribution is -2.37. The molecule has 19 heavy (non-hydrogen) atoms. The molecule has 0 spiro atoms. The first-order chi connectivity index (χ1) is 9.22. The maximum Gasteiger partial charge on any atom is 0.274 e. The Balaban J connectivity index is 2.23. The van der Waals surface area contributed by atoms with Crippen LogP contribution in [0.25, 0.3) is 0 Å². The minimum atomic E-state index is -0.740. The van der Waals surface area contributed by atoms with E-state index in [9.17, 15) is 4.79 Å². The molecule has 2 rings (SSSR count). The van der Waals surface area contributed by atoms with E-state index in [2.05, 4.69) is 25.9 Å². The van der Waals surface area contributed by atoms with Crippen LogP contribution in [-0.2, 0) is 0 Å². The first-order valence-electron chi connectivity index (χ1n) is 5.41. The third-order valence-electron chi connectivity index (χ3n) is 2.47. The summed E-state index contributed by atoms with van der Waals surface area (Å²) in [6.45, 7) is 0. The van der Waals surface area contributed by atoms with Gasteiger partial charge in [0.1, 0.15) is 6.04 Å². The van der Waals surface area contributed by atoms with Crippen LogP contribution in [0.15, 0.2) is 41.7 Å². The van der Waals surface area contributed by atoms with Gasteiger partial charge in [0.05, 0.1) is 6.20 Å². The number of hydrogen-bond acceptors (Lipinski definition) is 5. The smallest absolute Gasteiger partial charge is 0.274 e. The number of hydrogen-bond donors (Lipinski definition) is 4. The van der Waals surface area contributed by atoms with Gasteiger partial charge in [-0.05, 0) is 5.56 Å². The third-order valence-corrected chi connectivity index (χ3v) is 2.47. The normalized spacial score (nSPS) is 12.9. The SMILES string of the molecule is NC(=NO)C(NC(=O)c1cn[nH]n1)c1ccccc1. The summed E-state index contributed by atoms with van der Waals surface area (Å²) in [5, 5.41) is 23.9. The number of amides is 1. The van der Waals surface area contributed by atoms with E-state index >= 15 is 0 Å². The summed E-state index contributed by atoms with van der Waals surface area (Å²) in [5.41, 5.74) is 6.40. The molecule has 98 valence electrons. The Hall–Kier alpha value is -2.90. The summed E-state index contributed by atoms with van der Waals surface area (Å²) >= 11 is 0. The fourth-order valence-electron chi connectivity index (χ4n) is 1.55. The van der Waals surface area contributed by atoms with Crippen LogP contribution in [0.1, 0.15) is 22.1 Å². The van der Waals surface area contributed by atoms with Crippen molar-refractivity contribution >= 4 is 11.7 Å². The predicted molar refractivity (Wildman–Crippen MR) is 66.4 cm³/mol. The molecular formula is C11H12N6O2. The van der Waals surface area contributed by atoms with Crippen molar-refractivity contribution in [1.82, 2.24) is 20.7 Å². The van der Waals surface area contributed by atoms with Gasteiger partial charge in [-0.2, -0.15) is 15.4 Å². The standard InChI is InChI=1S/C11H12N6O2/c12-10(16-19)9(7-4-2-1-3-5-7)14-11(18)8-6-13-17-15-8/h1-6,9,19H,(H2,12,16)(H,14,18)(H,13,15,17). The Labute approximate surface area is 108 Å². The second-order valence-electron chi connectivity index (χ2n) is 3.70. The van der Waals surface area contributed by atoms with E-state index in [0.29, 0.717) is 5.56 Å². The van der Waals surface area contributed by atoms with Gasteiger partial charge in [-0.3, -0.25) is 4.79 Å². The number of aromatic nitrogens is 3. The van der Waals surface area contributed by atoms with E-state index in [1.54, 1.807) is 24.3 Å². The van der Waals surface area contributed by atoms with Gasteiger partial charge in [0, 0.05) is 0 Å². The molecule has 1 amide bonds. The maximum atomic E-state index is 11.9.